The predicted molar refractivity (Wildman–Crippen MR) is 116 cm³/mol. The standard InChI is InChI=1S/C24H30O3S/c1-3-26-24(25)9-6-16-28-21-13-11-19(12-14-21)22-17-18(2)10-15-23(22)27-20-7-4-5-8-20/h10-15,17,20H,3-9,16H2,1-2H3. The Balaban J connectivity index is 1.61. The van der Waals surface area contributed by atoms with Crippen LogP contribution in [0.5, 0.6) is 5.75 Å². The lowest BCUT2D eigenvalue weighted by atomic mass is 10.0. The van der Waals surface area contributed by atoms with Crippen molar-refractivity contribution in [3.63, 3.8) is 0 Å². The zero-order valence-electron chi connectivity index (χ0n) is 16.9. The molecule has 0 N–H and O–H groups in total. The number of aryl methyl sites for hydroxylation is 1. The van der Waals surface area contributed by atoms with E-state index in [1.54, 1.807) is 11.8 Å². The molecular weight excluding hydrogens is 368 g/mol. The molecule has 150 valence electrons. The van der Waals surface area contributed by atoms with Gasteiger partial charge in [-0.05, 0) is 81.5 Å². The quantitative estimate of drug-likeness (QED) is 0.277. The fourth-order valence-electron chi connectivity index (χ4n) is 3.53. The summed E-state index contributed by atoms with van der Waals surface area (Å²) in [6.07, 6.45) is 6.55. The van der Waals surface area contributed by atoms with Gasteiger partial charge >= 0.3 is 5.97 Å². The summed E-state index contributed by atoms with van der Waals surface area (Å²) < 4.78 is 11.3. The second kappa shape index (κ2) is 10.6. The lowest BCUT2D eigenvalue weighted by molar-refractivity contribution is -0.143. The van der Waals surface area contributed by atoms with E-state index in [0.29, 0.717) is 19.1 Å². The van der Waals surface area contributed by atoms with Crippen LogP contribution in [0.15, 0.2) is 47.4 Å². The van der Waals surface area contributed by atoms with Gasteiger partial charge in [-0.15, -0.1) is 11.8 Å². The Labute approximate surface area is 172 Å². The molecule has 0 unspecified atom stereocenters. The van der Waals surface area contributed by atoms with Crippen LogP contribution < -0.4 is 4.74 Å². The van der Waals surface area contributed by atoms with Gasteiger partial charge in [-0.1, -0.05) is 23.8 Å². The van der Waals surface area contributed by atoms with Crippen molar-refractivity contribution in [2.45, 2.75) is 63.4 Å². The molecule has 4 heteroatoms. The Kier molecular flexibility index (Phi) is 7.84. The van der Waals surface area contributed by atoms with E-state index >= 15 is 0 Å². The van der Waals surface area contributed by atoms with Crippen LogP contribution in [0.3, 0.4) is 0 Å². The van der Waals surface area contributed by atoms with Crippen molar-refractivity contribution in [3.05, 3.63) is 48.0 Å². The predicted octanol–water partition coefficient (Wildman–Crippen LogP) is 6.42. The number of benzene rings is 2. The highest BCUT2D eigenvalue weighted by molar-refractivity contribution is 7.99. The second-order valence-corrected chi connectivity index (χ2v) is 8.47. The minimum Gasteiger partial charge on any atom is -0.490 e. The molecular formula is C24H30O3S. The van der Waals surface area contributed by atoms with Crippen LogP contribution in [0.2, 0.25) is 0 Å². The Bertz CT molecular complexity index is 764. The van der Waals surface area contributed by atoms with Gasteiger partial charge in [0.25, 0.3) is 0 Å². The molecule has 2 aromatic rings. The average Bonchev–Trinajstić information content (AvgIpc) is 3.21. The van der Waals surface area contributed by atoms with Crippen molar-refractivity contribution in [1.29, 1.82) is 0 Å². The Hall–Kier alpha value is -1.94. The first-order valence-corrected chi connectivity index (χ1v) is 11.3. The lowest BCUT2D eigenvalue weighted by Gasteiger charge is -2.17. The fraction of sp³-hybridized carbons (Fsp3) is 0.458. The van der Waals surface area contributed by atoms with Crippen molar-refractivity contribution in [2.24, 2.45) is 0 Å². The highest BCUT2D eigenvalue weighted by Crippen LogP contribution is 2.35. The topological polar surface area (TPSA) is 35.5 Å². The largest absolute Gasteiger partial charge is 0.490 e. The molecule has 2 aromatic carbocycles. The van der Waals surface area contributed by atoms with Crippen LogP contribution in [0.25, 0.3) is 11.1 Å². The maximum atomic E-state index is 11.4. The van der Waals surface area contributed by atoms with Gasteiger partial charge < -0.3 is 9.47 Å². The third kappa shape index (κ3) is 6.03. The molecule has 1 fully saturated rings. The van der Waals surface area contributed by atoms with Crippen molar-refractivity contribution >= 4 is 17.7 Å². The van der Waals surface area contributed by atoms with E-state index in [1.165, 1.54) is 34.4 Å². The minimum absolute atomic E-state index is 0.104. The van der Waals surface area contributed by atoms with E-state index in [-0.39, 0.29) is 5.97 Å². The summed E-state index contributed by atoms with van der Waals surface area (Å²) in [4.78, 5) is 12.6. The molecule has 1 aliphatic rings. The minimum atomic E-state index is -0.104. The molecule has 0 atom stereocenters. The monoisotopic (exact) mass is 398 g/mol. The third-order valence-corrected chi connectivity index (χ3v) is 6.09. The zero-order chi connectivity index (χ0) is 19.8. The smallest absolute Gasteiger partial charge is 0.305 e. The first kappa shape index (κ1) is 20.8. The van der Waals surface area contributed by atoms with Gasteiger partial charge in [0, 0.05) is 16.9 Å². The van der Waals surface area contributed by atoms with Gasteiger partial charge in [0.1, 0.15) is 5.75 Å². The molecule has 1 saturated carbocycles. The molecule has 0 amide bonds. The average molecular weight is 399 g/mol. The number of hydrogen-bond acceptors (Lipinski definition) is 4. The van der Waals surface area contributed by atoms with E-state index in [9.17, 15) is 4.79 Å². The molecule has 0 aromatic heterocycles. The molecule has 0 spiro atoms. The molecule has 1 aliphatic carbocycles. The van der Waals surface area contributed by atoms with Crippen molar-refractivity contribution in [2.75, 3.05) is 12.4 Å². The number of hydrogen-bond donors (Lipinski definition) is 0. The maximum absolute atomic E-state index is 11.4. The van der Waals surface area contributed by atoms with E-state index in [4.69, 9.17) is 9.47 Å². The van der Waals surface area contributed by atoms with Crippen LogP contribution >= 0.6 is 11.8 Å². The third-order valence-electron chi connectivity index (χ3n) is 5.00. The lowest BCUT2D eigenvalue weighted by Crippen LogP contribution is -2.11. The summed E-state index contributed by atoms with van der Waals surface area (Å²) in [5.74, 6) is 1.80. The van der Waals surface area contributed by atoms with Gasteiger partial charge in [0.2, 0.25) is 0 Å². The van der Waals surface area contributed by atoms with Crippen LogP contribution in [0, 0.1) is 6.92 Å². The van der Waals surface area contributed by atoms with Gasteiger partial charge in [-0.2, -0.15) is 0 Å². The molecule has 28 heavy (non-hydrogen) atoms. The first-order valence-electron chi connectivity index (χ1n) is 10.3. The summed E-state index contributed by atoms with van der Waals surface area (Å²) >= 11 is 1.78. The molecule has 0 aliphatic heterocycles. The summed E-state index contributed by atoms with van der Waals surface area (Å²) in [5, 5.41) is 0. The first-order chi connectivity index (χ1) is 13.7. The van der Waals surface area contributed by atoms with Crippen molar-refractivity contribution in [3.8, 4) is 16.9 Å². The molecule has 0 bridgehead atoms. The maximum Gasteiger partial charge on any atom is 0.305 e. The van der Waals surface area contributed by atoms with Gasteiger partial charge in [0.05, 0.1) is 12.7 Å². The van der Waals surface area contributed by atoms with Crippen LogP contribution in [0.4, 0.5) is 0 Å². The van der Waals surface area contributed by atoms with E-state index < -0.39 is 0 Å². The van der Waals surface area contributed by atoms with Crippen molar-refractivity contribution < 1.29 is 14.3 Å². The fourth-order valence-corrected chi connectivity index (χ4v) is 4.38. The number of carbonyl (C=O) groups is 1. The summed E-state index contributed by atoms with van der Waals surface area (Å²) in [7, 11) is 0. The van der Waals surface area contributed by atoms with Crippen molar-refractivity contribution in [1.82, 2.24) is 0 Å². The molecule has 0 heterocycles. The normalized spacial score (nSPS) is 14.2. The van der Waals surface area contributed by atoms with Crippen LogP contribution in [0.1, 0.15) is 51.0 Å². The number of ether oxygens (including phenoxy) is 2. The Morgan fingerprint density at radius 1 is 1.11 bits per heavy atom. The van der Waals surface area contributed by atoms with Gasteiger partial charge in [-0.3, -0.25) is 4.79 Å². The number of rotatable bonds is 9. The van der Waals surface area contributed by atoms with Gasteiger partial charge in [-0.25, -0.2) is 0 Å². The SMILES string of the molecule is CCOC(=O)CCCSc1ccc(-c2cc(C)ccc2OC2CCCC2)cc1. The highest BCUT2D eigenvalue weighted by atomic mass is 32.2. The summed E-state index contributed by atoms with van der Waals surface area (Å²) in [6.45, 7) is 4.42. The van der Waals surface area contributed by atoms with E-state index in [0.717, 1.165) is 30.8 Å². The summed E-state index contributed by atoms with van der Waals surface area (Å²) in [5.41, 5.74) is 3.60. The number of esters is 1. The summed E-state index contributed by atoms with van der Waals surface area (Å²) in [6, 6.07) is 15.1. The number of thioether (sulfide) groups is 1. The Morgan fingerprint density at radius 2 is 1.86 bits per heavy atom. The van der Waals surface area contributed by atoms with Gasteiger partial charge in [0.15, 0.2) is 0 Å². The molecule has 3 rings (SSSR count). The molecule has 0 radical (unpaired) electrons. The Morgan fingerprint density at radius 3 is 2.57 bits per heavy atom. The van der Waals surface area contributed by atoms with Crippen LogP contribution in [-0.2, 0) is 9.53 Å². The number of carbonyl (C=O) groups excluding carboxylic acids is 1. The van der Waals surface area contributed by atoms with Crippen LogP contribution in [-0.4, -0.2) is 24.4 Å². The second-order valence-electron chi connectivity index (χ2n) is 7.31. The highest BCUT2D eigenvalue weighted by Gasteiger charge is 2.18. The van der Waals surface area contributed by atoms with E-state index in [1.807, 2.05) is 6.92 Å². The zero-order valence-corrected chi connectivity index (χ0v) is 17.7. The molecule has 0 saturated heterocycles. The van der Waals surface area contributed by atoms with E-state index in [2.05, 4.69) is 49.4 Å². The molecule has 3 nitrogen and oxygen atoms in total.